The summed E-state index contributed by atoms with van der Waals surface area (Å²) in [5.74, 6) is -2.65. The van der Waals surface area contributed by atoms with Crippen LogP contribution in [-0.2, 0) is 14.4 Å². The molecule has 1 N–H and O–H groups in total. The average Bonchev–Trinajstić information content (AvgIpc) is 2.68. The van der Waals surface area contributed by atoms with Crippen LogP contribution in [0.1, 0.15) is 0 Å². The third-order valence-corrected chi connectivity index (χ3v) is 3.23. The van der Waals surface area contributed by atoms with Gasteiger partial charge >= 0.3 is 17.8 Å². The van der Waals surface area contributed by atoms with Crippen LogP contribution >= 0.6 is 11.6 Å². The number of anilines is 1. The first-order valence-corrected chi connectivity index (χ1v) is 6.66. The van der Waals surface area contributed by atoms with E-state index < -0.39 is 30.3 Å². The minimum atomic E-state index is -1.04. The van der Waals surface area contributed by atoms with Gasteiger partial charge in [0, 0.05) is 6.54 Å². The van der Waals surface area contributed by atoms with Crippen molar-refractivity contribution in [2.24, 2.45) is 0 Å². The lowest BCUT2D eigenvalue weighted by Gasteiger charge is -2.14. The van der Waals surface area contributed by atoms with Crippen molar-refractivity contribution >= 4 is 41.0 Å². The summed E-state index contributed by atoms with van der Waals surface area (Å²) in [5, 5.41) is 2.79. The van der Waals surface area contributed by atoms with Gasteiger partial charge in [-0.1, -0.05) is 29.8 Å². The number of para-hydroxylation sites is 1. The van der Waals surface area contributed by atoms with Gasteiger partial charge in [-0.05, 0) is 12.1 Å². The maximum Gasteiger partial charge on any atom is 0.335 e. The number of rotatable bonds is 5. The quantitative estimate of drug-likeness (QED) is 0.502. The number of carbonyl (C=O) groups excluding carboxylic acids is 4. The van der Waals surface area contributed by atoms with Crippen LogP contribution in [0.2, 0.25) is 5.02 Å². The van der Waals surface area contributed by atoms with E-state index in [4.69, 9.17) is 11.6 Å². The molecule has 1 aliphatic heterocycles. The van der Waals surface area contributed by atoms with E-state index in [2.05, 4.69) is 11.9 Å². The Balaban J connectivity index is 2.07. The summed E-state index contributed by atoms with van der Waals surface area (Å²) < 4.78 is 0. The predicted octanol–water partition coefficient (Wildman–Crippen LogP) is 1.26. The highest BCUT2D eigenvalue weighted by atomic mass is 35.5. The molecule has 1 aromatic rings. The summed E-state index contributed by atoms with van der Waals surface area (Å²) in [5.41, 5.74) is 0.350. The fourth-order valence-corrected chi connectivity index (χ4v) is 2.06. The van der Waals surface area contributed by atoms with E-state index in [9.17, 15) is 19.2 Å². The minimum Gasteiger partial charge on any atom is -0.323 e. The Morgan fingerprint density at radius 1 is 1.18 bits per heavy atom. The predicted molar refractivity (Wildman–Crippen MR) is 79.1 cm³/mol. The maximum atomic E-state index is 11.9. The zero-order valence-corrected chi connectivity index (χ0v) is 12.2. The molecule has 0 aromatic heterocycles. The van der Waals surface area contributed by atoms with Crippen LogP contribution in [0.25, 0.3) is 0 Å². The van der Waals surface area contributed by atoms with Gasteiger partial charge in [-0.15, -0.1) is 6.58 Å². The van der Waals surface area contributed by atoms with E-state index in [1.165, 1.54) is 6.08 Å². The number of imide groups is 2. The number of benzene rings is 1. The number of nitrogens with zero attached hydrogens (tertiary/aromatic N) is 2. The number of hydrogen-bond donors (Lipinski definition) is 1. The van der Waals surface area contributed by atoms with Gasteiger partial charge in [0.05, 0.1) is 10.7 Å². The van der Waals surface area contributed by atoms with E-state index in [1.54, 1.807) is 24.3 Å². The van der Waals surface area contributed by atoms with Crippen LogP contribution in [-0.4, -0.2) is 46.6 Å². The molecule has 1 heterocycles. The molecule has 0 saturated carbocycles. The SMILES string of the molecule is C=CCN1C(=O)C(=O)N(CC(=O)Nc2ccccc2Cl)C1=O. The molecule has 0 radical (unpaired) electrons. The van der Waals surface area contributed by atoms with E-state index in [-0.39, 0.29) is 6.54 Å². The third kappa shape index (κ3) is 2.99. The Bertz CT molecular complexity index is 674. The first-order chi connectivity index (χ1) is 10.5. The molecule has 0 atom stereocenters. The summed E-state index contributed by atoms with van der Waals surface area (Å²) >= 11 is 5.89. The lowest BCUT2D eigenvalue weighted by atomic mass is 10.3. The Kier molecular flexibility index (Phi) is 4.57. The lowest BCUT2D eigenvalue weighted by Crippen LogP contribution is -2.39. The average molecular weight is 322 g/mol. The van der Waals surface area contributed by atoms with E-state index in [1.807, 2.05) is 0 Å². The van der Waals surface area contributed by atoms with Gasteiger partial charge in [0.1, 0.15) is 6.54 Å². The van der Waals surface area contributed by atoms with Crippen LogP contribution in [0, 0.1) is 0 Å². The summed E-state index contributed by atoms with van der Waals surface area (Å²) in [4.78, 5) is 48.5. The van der Waals surface area contributed by atoms with Gasteiger partial charge < -0.3 is 5.32 Å². The van der Waals surface area contributed by atoms with Crippen LogP contribution in [0.4, 0.5) is 10.5 Å². The molecule has 114 valence electrons. The Hall–Kier alpha value is -2.67. The van der Waals surface area contributed by atoms with Crippen molar-refractivity contribution in [2.75, 3.05) is 18.4 Å². The number of halogens is 1. The number of carbonyl (C=O) groups is 4. The first kappa shape index (κ1) is 15.7. The smallest absolute Gasteiger partial charge is 0.323 e. The molecule has 5 amide bonds. The molecule has 8 heteroatoms. The normalized spacial score (nSPS) is 14.5. The number of urea groups is 1. The van der Waals surface area contributed by atoms with Gasteiger partial charge in [-0.3, -0.25) is 19.3 Å². The molecule has 0 bridgehead atoms. The molecule has 0 aliphatic carbocycles. The Morgan fingerprint density at radius 2 is 1.82 bits per heavy atom. The van der Waals surface area contributed by atoms with E-state index in [0.29, 0.717) is 15.6 Å². The fourth-order valence-electron chi connectivity index (χ4n) is 1.88. The van der Waals surface area contributed by atoms with Crippen molar-refractivity contribution in [2.45, 2.75) is 0 Å². The van der Waals surface area contributed by atoms with Crippen molar-refractivity contribution in [3.8, 4) is 0 Å². The molecule has 1 fully saturated rings. The molecule has 22 heavy (non-hydrogen) atoms. The van der Waals surface area contributed by atoms with E-state index in [0.717, 1.165) is 4.90 Å². The van der Waals surface area contributed by atoms with Crippen LogP contribution in [0.3, 0.4) is 0 Å². The van der Waals surface area contributed by atoms with Gasteiger partial charge in [0.2, 0.25) is 5.91 Å². The molecular formula is C14H12ClN3O4. The molecule has 1 aliphatic rings. The van der Waals surface area contributed by atoms with Crippen molar-refractivity contribution in [1.29, 1.82) is 0 Å². The molecule has 0 spiro atoms. The van der Waals surface area contributed by atoms with Gasteiger partial charge in [0.15, 0.2) is 0 Å². The standard InChI is InChI=1S/C14H12ClN3O4/c1-2-7-17-12(20)13(21)18(14(17)22)8-11(19)16-10-6-4-3-5-9(10)15/h2-6H,1,7-8H2,(H,16,19). The largest absolute Gasteiger partial charge is 0.335 e. The first-order valence-electron chi connectivity index (χ1n) is 6.28. The Labute approximate surface area is 131 Å². The number of amides is 5. The van der Waals surface area contributed by atoms with Crippen LogP contribution in [0.5, 0.6) is 0 Å². The van der Waals surface area contributed by atoms with Gasteiger partial charge in [-0.25, -0.2) is 9.69 Å². The maximum absolute atomic E-state index is 11.9. The molecular weight excluding hydrogens is 310 g/mol. The third-order valence-electron chi connectivity index (χ3n) is 2.90. The van der Waals surface area contributed by atoms with Crippen molar-refractivity contribution in [1.82, 2.24) is 9.80 Å². The summed E-state index contributed by atoms with van der Waals surface area (Å²) in [6.45, 7) is 2.74. The zero-order chi connectivity index (χ0) is 16.3. The summed E-state index contributed by atoms with van der Waals surface area (Å²) in [6, 6.07) is 5.67. The van der Waals surface area contributed by atoms with Crippen molar-refractivity contribution in [3.05, 3.63) is 41.9 Å². The highest BCUT2D eigenvalue weighted by Crippen LogP contribution is 2.20. The Morgan fingerprint density at radius 3 is 2.45 bits per heavy atom. The monoisotopic (exact) mass is 321 g/mol. The second-order valence-electron chi connectivity index (χ2n) is 4.41. The van der Waals surface area contributed by atoms with E-state index >= 15 is 0 Å². The second-order valence-corrected chi connectivity index (χ2v) is 4.81. The van der Waals surface area contributed by atoms with Crippen LogP contribution < -0.4 is 5.32 Å². The number of hydrogen-bond acceptors (Lipinski definition) is 4. The molecule has 0 unspecified atom stereocenters. The molecule has 7 nitrogen and oxygen atoms in total. The minimum absolute atomic E-state index is 0.0912. The highest BCUT2D eigenvalue weighted by Gasteiger charge is 2.44. The van der Waals surface area contributed by atoms with Gasteiger partial charge in [-0.2, -0.15) is 0 Å². The molecule has 2 rings (SSSR count). The number of nitrogens with one attached hydrogen (secondary N) is 1. The topological polar surface area (TPSA) is 86.8 Å². The summed E-state index contributed by atoms with van der Waals surface area (Å²) in [6.07, 6.45) is 1.32. The fraction of sp³-hybridized carbons (Fsp3) is 0.143. The van der Waals surface area contributed by atoms with Crippen molar-refractivity contribution < 1.29 is 19.2 Å². The molecule has 1 saturated heterocycles. The summed E-state index contributed by atoms with van der Waals surface area (Å²) in [7, 11) is 0. The second kappa shape index (κ2) is 6.40. The van der Waals surface area contributed by atoms with Gasteiger partial charge in [0.25, 0.3) is 0 Å². The van der Waals surface area contributed by atoms with Crippen LogP contribution in [0.15, 0.2) is 36.9 Å². The molecule has 1 aromatic carbocycles. The zero-order valence-electron chi connectivity index (χ0n) is 11.4. The lowest BCUT2D eigenvalue weighted by molar-refractivity contribution is -0.143. The van der Waals surface area contributed by atoms with Crippen molar-refractivity contribution in [3.63, 3.8) is 0 Å². The highest BCUT2D eigenvalue weighted by molar-refractivity contribution is 6.45.